The van der Waals surface area contributed by atoms with E-state index >= 15 is 0 Å². The maximum Gasteiger partial charge on any atom is 0.387 e. The van der Waals surface area contributed by atoms with Crippen molar-refractivity contribution >= 4 is 0 Å². The molecule has 18 heavy (non-hydrogen) atoms. The fraction of sp³-hybridized carbons (Fsp3) is 0.538. The molecule has 2 unspecified atom stereocenters. The van der Waals surface area contributed by atoms with E-state index in [1.165, 1.54) is 19.2 Å². The Morgan fingerprint density at radius 1 is 1.28 bits per heavy atom. The van der Waals surface area contributed by atoms with Crippen LogP contribution in [0.25, 0.3) is 0 Å². The summed E-state index contributed by atoms with van der Waals surface area (Å²) >= 11 is 0. The first-order chi connectivity index (χ1) is 8.49. The Labute approximate surface area is 105 Å². The van der Waals surface area contributed by atoms with E-state index < -0.39 is 12.7 Å². The third-order valence-corrected chi connectivity index (χ3v) is 2.93. The van der Waals surface area contributed by atoms with Crippen LogP contribution >= 0.6 is 0 Å². The maximum atomic E-state index is 12.3. The molecule has 5 heteroatoms. The minimum atomic E-state index is -2.92. The number of halogens is 2. The second-order valence-corrected chi connectivity index (χ2v) is 4.12. The van der Waals surface area contributed by atoms with E-state index in [0.29, 0.717) is 5.56 Å². The first-order valence-electron chi connectivity index (χ1n) is 5.80. The number of rotatable bonds is 6. The minimum Gasteiger partial charge on any atom is -0.493 e. The van der Waals surface area contributed by atoms with Crippen molar-refractivity contribution in [1.82, 2.24) is 0 Å². The molecule has 1 N–H and O–H groups in total. The summed E-state index contributed by atoms with van der Waals surface area (Å²) in [5.74, 6) is 0.195. The van der Waals surface area contributed by atoms with Crippen LogP contribution in [0.3, 0.4) is 0 Å². The summed E-state index contributed by atoms with van der Waals surface area (Å²) in [6, 6.07) is 4.55. The maximum absolute atomic E-state index is 12.3. The lowest BCUT2D eigenvalue weighted by atomic mass is 9.95. The Morgan fingerprint density at radius 3 is 2.44 bits per heavy atom. The highest BCUT2D eigenvalue weighted by Crippen LogP contribution is 2.34. The highest BCUT2D eigenvalue weighted by molar-refractivity contribution is 5.43. The SMILES string of the molecule is CCC(C)C(O)c1ccc(OC)c(OC(F)F)c1. The van der Waals surface area contributed by atoms with Gasteiger partial charge in [0.1, 0.15) is 0 Å². The second-order valence-electron chi connectivity index (χ2n) is 4.12. The fourth-order valence-corrected chi connectivity index (χ4v) is 1.62. The van der Waals surface area contributed by atoms with Crippen LogP contribution in [0.15, 0.2) is 18.2 Å². The zero-order valence-electron chi connectivity index (χ0n) is 10.7. The van der Waals surface area contributed by atoms with Crippen LogP contribution in [0.1, 0.15) is 31.9 Å². The minimum absolute atomic E-state index is 0.0396. The number of benzene rings is 1. The van der Waals surface area contributed by atoms with Gasteiger partial charge in [-0.15, -0.1) is 0 Å². The van der Waals surface area contributed by atoms with Gasteiger partial charge in [0.15, 0.2) is 11.5 Å². The van der Waals surface area contributed by atoms with Crippen molar-refractivity contribution < 1.29 is 23.4 Å². The molecule has 0 saturated carbocycles. The van der Waals surface area contributed by atoms with Gasteiger partial charge in [-0.25, -0.2) is 0 Å². The first-order valence-corrected chi connectivity index (χ1v) is 5.80. The number of aliphatic hydroxyl groups excluding tert-OH is 1. The lowest BCUT2D eigenvalue weighted by Crippen LogP contribution is -2.09. The summed E-state index contributed by atoms with van der Waals surface area (Å²) in [5, 5.41) is 10.0. The summed E-state index contributed by atoms with van der Waals surface area (Å²) in [7, 11) is 1.37. The van der Waals surface area contributed by atoms with E-state index in [2.05, 4.69) is 4.74 Å². The highest BCUT2D eigenvalue weighted by Gasteiger charge is 2.18. The molecule has 1 aromatic carbocycles. The van der Waals surface area contributed by atoms with Gasteiger partial charge in [0, 0.05) is 0 Å². The molecule has 1 rings (SSSR count). The lowest BCUT2D eigenvalue weighted by molar-refractivity contribution is -0.0514. The van der Waals surface area contributed by atoms with Crippen molar-refractivity contribution in [3.63, 3.8) is 0 Å². The first kappa shape index (κ1) is 14.7. The highest BCUT2D eigenvalue weighted by atomic mass is 19.3. The van der Waals surface area contributed by atoms with E-state index in [1.54, 1.807) is 6.07 Å². The van der Waals surface area contributed by atoms with Gasteiger partial charge in [-0.05, 0) is 23.6 Å². The predicted molar refractivity (Wildman–Crippen MR) is 64.0 cm³/mol. The Balaban J connectivity index is 3.01. The van der Waals surface area contributed by atoms with Crippen molar-refractivity contribution in [3.05, 3.63) is 23.8 Å². The molecule has 0 radical (unpaired) electrons. The summed E-state index contributed by atoms with van der Waals surface area (Å²) < 4.78 is 33.8. The second kappa shape index (κ2) is 6.54. The Morgan fingerprint density at radius 2 is 1.94 bits per heavy atom. The quantitative estimate of drug-likeness (QED) is 0.852. The zero-order chi connectivity index (χ0) is 13.7. The van der Waals surface area contributed by atoms with Crippen LogP contribution in [-0.4, -0.2) is 18.8 Å². The average molecular weight is 260 g/mol. The molecular weight excluding hydrogens is 242 g/mol. The molecule has 0 aliphatic heterocycles. The third kappa shape index (κ3) is 3.57. The number of hydrogen-bond donors (Lipinski definition) is 1. The van der Waals surface area contributed by atoms with Crippen LogP contribution in [0.5, 0.6) is 11.5 Å². The summed E-state index contributed by atoms with van der Waals surface area (Å²) in [6.07, 6.45) is 0.0824. The van der Waals surface area contributed by atoms with Crippen LogP contribution in [-0.2, 0) is 0 Å². The van der Waals surface area contributed by atoms with Crippen LogP contribution < -0.4 is 9.47 Å². The van der Waals surface area contributed by atoms with Crippen LogP contribution in [0, 0.1) is 5.92 Å². The van der Waals surface area contributed by atoms with Crippen molar-refractivity contribution in [3.8, 4) is 11.5 Å². The fourth-order valence-electron chi connectivity index (χ4n) is 1.62. The van der Waals surface area contributed by atoms with Crippen molar-refractivity contribution in [2.45, 2.75) is 33.0 Å². The van der Waals surface area contributed by atoms with Gasteiger partial charge in [-0.1, -0.05) is 26.3 Å². The molecule has 0 saturated heterocycles. The molecule has 0 aromatic heterocycles. The molecular formula is C13H18F2O3. The van der Waals surface area contributed by atoms with Crippen LogP contribution in [0.4, 0.5) is 8.78 Å². The average Bonchev–Trinajstić information content (AvgIpc) is 2.36. The van der Waals surface area contributed by atoms with E-state index in [4.69, 9.17) is 4.74 Å². The molecule has 0 aliphatic carbocycles. The van der Waals surface area contributed by atoms with Gasteiger partial charge in [-0.3, -0.25) is 0 Å². The monoisotopic (exact) mass is 260 g/mol. The third-order valence-electron chi connectivity index (χ3n) is 2.93. The molecule has 2 atom stereocenters. The molecule has 0 heterocycles. The van der Waals surface area contributed by atoms with Gasteiger partial charge in [0.25, 0.3) is 0 Å². The molecule has 0 bridgehead atoms. The lowest BCUT2D eigenvalue weighted by Gasteiger charge is -2.19. The molecule has 0 spiro atoms. The van der Waals surface area contributed by atoms with E-state index in [9.17, 15) is 13.9 Å². The van der Waals surface area contributed by atoms with Crippen molar-refractivity contribution in [1.29, 1.82) is 0 Å². The largest absolute Gasteiger partial charge is 0.493 e. The topological polar surface area (TPSA) is 38.7 Å². The van der Waals surface area contributed by atoms with Crippen molar-refractivity contribution in [2.75, 3.05) is 7.11 Å². The number of alkyl halides is 2. The van der Waals surface area contributed by atoms with Gasteiger partial charge >= 0.3 is 6.61 Å². The number of hydrogen-bond acceptors (Lipinski definition) is 3. The molecule has 102 valence electrons. The molecule has 1 aromatic rings. The molecule has 0 fully saturated rings. The van der Waals surface area contributed by atoms with Gasteiger partial charge in [0.2, 0.25) is 0 Å². The van der Waals surface area contributed by atoms with Gasteiger partial charge in [0.05, 0.1) is 13.2 Å². The van der Waals surface area contributed by atoms with E-state index in [0.717, 1.165) is 6.42 Å². The summed E-state index contributed by atoms with van der Waals surface area (Å²) in [4.78, 5) is 0. The Kier molecular flexibility index (Phi) is 5.34. The summed E-state index contributed by atoms with van der Waals surface area (Å²) in [5.41, 5.74) is 0.542. The van der Waals surface area contributed by atoms with Crippen LogP contribution in [0.2, 0.25) is 0 Å². The van der Waals surface area contributed by atoms with Gasteiger partial charge in [-0.2, -0.15) is 8.78 Å². The standard InChI is InChI=1S/C13H18F2O3/c1-4-8(2)12(16)9-5-6-10(17-3)11(7-9)18-13(14)15/h5-8,12-13,16H,4H2,1-3H3. The zero-order valence-corrected chi connectivity index (χ0v) is 10.7. The van der Waals surface area contributed by atoms with Crippen molar-refractivity contribution in [2.24, 2.45) is 5.92 Å². The number of aliphatic hydroxyl groups is 1. The molecule has 0 amide bonds. The number of methoxy groups -OCH3 is 1. The van der Waals surface area contributed by atoms with Gasteiger partial charge < -0.3 is 14.6 Å². The molecule has 0 aliphatic rings. The van der Waals surface area contributed by atoms with E-state index in [-0.39, 0.29) is 17.4 Å². The Hall–Kier alpha value is -1.36. The number of ether oxygens (including phenoxy) is 2. The normalized spacial score (nSPS) is 14.4. The summed E-state index contributed by atoms with van der Waals surface area (Å²) in [6.45, 7) is 0.922. The smallest absolute Gasteiger partial charge is 0.387 e. The van der Waals surface area contributed by atoms with E-state index in [1.807, 2.05) is 13.8 Å². The predicted octanol–water partition coefficient (Wildman–Crippen LogP) is 3.38. The molecule has 3 nitrogen and oxygen atoms in total. The Bertz CT molecular complexity index is 382.